The molecule has 0 unspecified atom stereocenters. The van der Waals surface area contributed by atoms with Crippen LogP contribution in [0.2, 0.25) is 5.02 Å². The average molecular weight is 278 g/mol. The fourth-order valence-corrected chi connectivity index (χ4v) is 2.73. The smallest absolute Gasteiger partial charge is 0.147 e. The van der Waals surface area contributed by atoms with Gasteiger partial charge in [0.05, 0.1) is 0 Å². The first-order chi connectivity index (χ1) is 9.10. The summed E-state index contributed by atoms with van der Waals surface area (Å²) in [5.41, 5.74) is 3.21. The normalized spacial score (nSPS) is 17.1. The zero-order valence-corrected chi connectivity index (χ0v) is 12.3. The maximum absolute atomic E-state index is 11.3. The molecule has 1 aromatic rings. The second-order valence-corrected chi connectivity index (χ2v) is 5.94. The van der Waals surface area contributed by atoms with Gasteiger partial charge in [-0.15, -0.1) is 0 Å². The Hall–Kier alpha value is -1.12. The number of hydrogen-bond donors (Lipinski definition) is 0. The van der Waals surface area contributed by atoms with Crippen LogP contribution in [0.15, 0.2) is 29.8 Å². The first-order valence-electron chi connectivity index (χ1n) is 6.75. The SMILES string of the molecule is CC(C)CN1CCC(c2ccc(Cl)cc2)=C(C=O)C1. The van der Waals surface area contributed by atoms with Gasteiger partial charge in [-0.05, 0) is 35.6 Å². The summed E-state index contributed by atoms with van der Waals surface area (Å²) in [6.07, 6.45) is 1.94. The maximum Gasteiger partial charge on any atom is 0.147 e. The quantitative estimate of drug-likeness (QED) is 0.783. The van der Waals surface area contributed by atoms with E-state index in [1.54, 1.807) is 0 Å². The van der Waals surface area contributed by atoms with E-state index in [-0.39, 0.29) is 0 Å². The van der Waals surface area contributed by atoms with Crippen molar-refractivity contribution < 1.29 is 4.79 Å². The van der Waals surface area contributed by atoms with Crippen LogP contribution in [-0.4, -0.2) is 30.8 Å². The van der Waals surface area contributed by atoms with Crippen LogP contribution in [0.5, 0.6) is 0 Å². The molecule has 0 spiro atoms. The highest BCUT2D eigenvalue weighted by atomic mass is 35.5. The van der Waals surface area contributed by atoms with E-state index in [1.807, 2.05) is 24.3 Å². The number of halogens is 1. The van der Waals surface area contributed by atoms with Gasteiger partial charge >= 0.3 is 0 Å². The Bertz CT molecular complexity index is 476. The first kappa shape index (κ1) is 14.3. The fourth-order valence-electron chi connectivity index (χ4n) is 2.61. The molecule has 0 bridgehead atoms. The Labute approximate surface area is 120 Å². The van der Waals surface area contributed by atoms with E-state index < -0.39 is 0 Å². The first-order valence-corrected chi connectivity index (χ1v) is 7.13. The van der Waals surface area contributed by atoms with E-state index in [1.165, 1.54) is 5.57 Å². The van der Waals surface area contributed by atoms with Gasteiger partial charge in [0.25, 0.3) is 0 Å². The molecule has 3 heteroatoms. The summed E-state index contributed by atoms with van der Waals surface area (Å²) in [6, 6.07) is 7.76. The van der Waals surface area contributed by atoms with Crippen molar-refractivity contribution in [3.8, 4) is 0 Å². The van der Waals surface area contributed by atoms with Crippen molar-refractivity contribution in [2.24, 2.45) is 5.92 Å². The van der Waals surface area contributed by atoms with E-state index in [0.717, 1.165) is 48.5 Å². The van der Waals surface area contributed by atoms with E-state index in [4.69, 9.17) is 11.6 Å². The summed E-state index contributed by atoms with van der Waals surface area (Å²) in [6.45, 7) is 7.25. The minimum absolute atomic E-state index is 0.630. The molecule has 102 valence electrons. The lowest BCUT2D eigenvalue weighted by molar-refractivity contribution is -0.105. The van der Waals surface area contributed by atoms with E-state index >= 15 is 0 Å². The number of aldehydes is 1. The van der Waals surface area contributed by atoms with Gasteiger partial charge in [0.2, 0.25) is 0 Å². The molecule has 0 saturated heterocycles. The number of hydrogen-bond acceptors (Lipinski definition) is 2. The number of carbonyl (C=O) groups excluding carboxylic acids is 1. The van der Waals surface area contributed by atoms with Crippen LogP contribution < -0.4 is 0 Å². The zero-order chi connectivity index (χ0) is 13.8. The second-order valence-electron chi connectivity index (χ2n) is 5.51. The fraction of sp³-hybridized carbons (Fsp3) is 0.438. The highest BCUT2D eigenvalue weighted by molar-refractivity contribution is 6.30. The van der Waals surface area contributed by atoms with Crippen molar-refractivity contribution in [1.29, 1.82) is 0 Å². The lowest BCUT2D eigenvalue weighted by atomic mass is 9.93. The van der Waals surface area contributed by atoms with Crippen LogP contribution in [0.3, 0.4) is 0 Å². The van der Waals surface area contributed by atoms with E-state index in [0.29, 0.717) is 5.92 Å². The van der Waals surface area contributed by atoms with Crippen molar-refractivity contribution >= 4 is 23.5 Å². The molecule has 2 nitrogen and oxygen atoms in total. The molecule has 1 aromatic carbocycles. The van der Waals surface area contributed by atoms with Gasteiger partial charge in [-0.2, -0.15) is 0 Å². The molecular weight excluding hydrogens is 258 g/mol. The van der Waals surface area contributed by atoms with Crippen LogP contribution >= 0.6 is 11.6 Å². The molecule has 0 radical (unpaired) electrons. The topological polar surface area (TPSA) is 20.3 Å². The van der Waals surface area contributed by atoms with Crippen LogP contribution in [0.25, 0.3) is 5.57 Å². The lowest BCUT2D eigenvalue weighted by Crippen LogP contribution is -2.34. The predicted octanol–water partition coefficient (Wildman–Crippen LogP) is 3.65. The number of benzene rings is 1. The lowest BCUT2D eigenvalue weighted by Gasteiger charge is -2.30. The van der Waals surface area contributed by atoms with E-state index in [9.17, 15) is 4.79 Å². The highest BCUT2D eigenvalue weighted by Gasteiger charge is 2.20. The van der Waals surface area contributed by atoms with Crippen LogP contribution in [-0.2, 0) is 4.79 Å². The average Bonchev–Trinajstić information content (AvgIpc) is 2.39. The van der Waals surface area contributed by atoms with Gasteiger partial charge in [0.15, 0.2) is 0 Å². The molecule has 0 aromatic heterocycles. The van der Waals surface area contributed by atoms with Gasteiger partial charge in [0.1, 0.15) is 6.29 Å². The summed E-state index contributed by atoms with van der Waals surface area (Å²) in [5, 5.41) is 0.731. The molecule has 0 aliphatic carbocycles. The van der Waals surface area contributed by atoms with Crippen LogP contribution in [0, 0.1) is 5.92 Å². The standard InChI is InChI=1S/C16H20ClNO/c1-12(2)9-18-8-7-16(14(10-18)11-19)13-3-5-15(17)6-4-13/h3-6,11-12H,7-10H2,1-2H3. The zero-order valence-electron chi connectivity index (χ0n) is 11.5. The molecule has 0 fully saturated rings. The van der Waals surface area contributed by atoms with Gasteiger partial charge in [-0.1, -0.05) is 37.6 Å². The van der Waals surface area contributed by atoms with Crippen molar-refractivity contribution in [2.45, 2.75) is 20.3 Å². The van der Waals surface area contributed by atoms with Crippen LogP contribution in [0.4, 0.5) is 0 Å². The highest BCUT2D eigenvalue weighted by Crippen LogP contribution is 2.27. The van der Waals surface area contributed by atoms with Crippen LogP contribution in [0.1, 0.15) is 25.8 Å². The number of rotatable bonds is 4. The van der Waals surface area contributed by atoms with Gasteiger partial charge < -0.3 is 0 Å². The van der Waals surface area contributed by atoms with Gasteiger partial charge in [0, 0.05) is 30.2 Å². The minimum atomic E-state index is 0.630. The monoisotopic (exact) mass is 277 g/mol. The third kappa shape index (κ3) is 3.68. The summed E-state index contributed by atoms with van der Waals surface area (Å²) in [7, 11) is 0. The third-order valence-electron chi connectivity index (χ3n) is 3.42. The number of carbonyl (C=O) groups is 1. The maximum atomic E-state index is 11.3. The Morgan fingerprint density at radius 3 is 2.58 bits per heavy atom. The second kappa shape index (κ2) is 6.36. The summed E-state index contributed by atoms with van der Waals surface area (Å²) < 4.78 is 0. The molecule has 1 heterocycles. The molecule has 0 saturated carbocycles. The van der Waals surface area contributed by atoms with Crippen molar-refractivity contribution in [3.63, 3.8) is 0 Å². The molecule has 0 amide bonds. The molecule has 0 N–H and O–H groups in total. The Morgan fingerprint density at radius 2 is 2.00 bits per heavy atom. The number of nitrogens with zero attached hydrogens (tertiary/aromatic N) is 1. The minimum Gasteiger partial charge on any atom is -0.298 e. The molecule has 1 aliphatic rings. The Balaban J connectivity index is 2.21. The molecule has 1 aliphatic heterocycles. The van der Waals surface area contributed by atoms with Gasteiger partial charge in [-0.3, -0.25) is 9.69 Å². The molecular formula is C16H20ClNO. The summed E-state index contributed by atoms with van der Waals surface area (Å²) in [4.78, 5) is 13.7. The summed E-state index contributed by atoms with van der Waals surface area (Å²) >= 11 is 5.91. The molecule has 0 atom stereocenters. The molecule has 19 heavy (non-hydrogen) atoms. The third-order valence-corrected chi connectivity index (χ3v) is 3.67. The molecule has 2 rings (SSSR count). The van der Waals surface area contributed by atoms with Gasteiger partial charge in [-0.25, -0.2) is 0 Å². The van der Waals surface area contributed by atoms with E-state index in [2.05, 4.69) is 18.7 Å². The van der Waals surface area contributed by atoms with Crippen molar-refractivity contribution in [2.75, 3.05) is 19.6 Å². The summed E-state index contributed by atoms with van der Waals surface area (Å²) in [5.74, 6) is 0.630. The largest absolute Gasteiger partial charge is 0.298 e. The Kier molecular flexibility index (Phi) is 4.78. The van der Waals surface area contributed by atoms with Crippen molar-refractivity contribution in [1.82, 2.24) is 4.90 Å². The predicted molar refractivity (Wildman–Crippen MR) is 80.3 cm³/mol. The van der Waals surface area contributed by atoms with Crippen molar-refractivity contribution in [3.05, 3.63) is 40.4 Å². The Morgan fingerprint density at radius 1 is 1.32 bits per heavy atom.